The van der Waals surface area contributed by atoms with Crippen molar-refractivity contribution in [1.29, 1.82) is 0 Å². The Morgan fingerprint density at radius 3 is 2.45 bits per heavy atom. The molecule has 0 unspecified atom stereocenters. The quantitative estimate of drug-likeness (QED) is 0.266. The summed E-state index contributed by atoms with van der Waals surface area (Å²) in [7, 11) is 1.61. The van der Waals surface area contributed by atoms with Gasteiger partial charge in [-0.1, -0.05) is 54.6 Å². The molecular formula is C27H23NO3. The number of carbonyl (C=O) groups excluding carboxylic acids is 1. The molecule has 0 fully saturated rings. The zero-order chi connectivity index (χ0) is 21.5. The van der Waals surface area contributed by atoms with Crippen LogP contribution in [0.2, 0.25) is 0 Å². The van der Waals surface area contributed by atoms with E-state index in [1.807, 2.05) is 102 Å². The average Bonchev–Trinajstić information content (AvgIpc) is 3.37. The van der Waals surface area contributed by atoms with Gasteiger partial charge in [-0.3, -0.25) is 4.79 Å². The van der Waals surface area contributed by atoms with Crippen molar-refractivity contribution in [2.45, 2.75) is 6.61 Å². The highest BCUT2D eigenvalue weighted by atomic mass is 16.5. The molecule has 4 aromatic rings. The summed E-state index contributed by atoms with van der Waals surface area (Å²) in [5.41, 5.74) is 3.53. The van der Waals surface area contributed by atoms with Gasteiger partial charge in [0.25, 0.3) is 0 Å². The highest BCUT2D eigenvalue weighted by Crippen LogP contribution is 2.29. The van der Waals surface area contributed by atoms with Gasteiger partial charge in [0.15, 0.2) is 17.3 Å². The van der Waals surface area contributed by atoms with E-state index in [0.717, 1.165) is 16.8 Å². The van der Waals surface area contributed by atoms with Gasteiger partial charge in [0.05, 0.1) is 7.11 Å². The summed E-state index contributed by atoms with van der Waals surface area (Å²) in [6, 6.07) is 27.1. The summed E-state index contributed by atoms with van der Waals surface area (Å²) in [6.07, 6.45) is 7.27. The van der Waals surface area contributed by atoms with E-state index >= 15 is 0 Å². The van der Waals surface area contributed by atoms with Gasteiger partial charge >= 0.3 is 0 Å². The van der Waals surface area contributed by atoms with E-state index in [1.165, 1.54) is 0 Å². The second-order valence-corrected chi connectivity index (χ2v) is 7.02. The van der Waals surface area contributed by atoms with Gasteiger partial charge in [-0.25, -0.2) is 0 Å². The van der Waals surface area contributed by atoms with Gasteiger partial charge in [-0.05, 0) is 53.6 Å². The first-order valence-corrected chi connectivity index (χ1v) is 10.0. The summed E-state index contributed by atoms with van der Waals surface area (Å²) >= 11 is 0. The number of methoxy groups -OCH3 is 1. The van der Waals surface area contributed by atoms with E-state index in [-0.39, 0.29) is 5.78 Å². The van der Waals surface area contributed by atoms with Crippen molar-refractivity contribution in [1.82, 2.24) is 4.57 Å². The molecule has 4 rings (SSSR count). The maximum atomic E-state index is 12.7. The molecule has 0 saturated heterocycles. The molecule has 1 aromatic heterocycles. The van der Waals surface area contributed by atoms with Crippen LogP contribution in [0.5, 0.6) is 11.5 Å². The Morgan fingerprint density at radius 2 is 1.68 bits per heavy atom. The predicted molar refractivity (Wildman–Crippen MR) is 123 cm³/mol. The maximum Gasteiger partial charge on any atom is 0.185 e. The molecule has 0 saturated carbocycles. The average molecular weight is 409 g/mol. The molecule has 1 heterocycles. The van der Waals surface area contributed by atoms with E-state index in [9.17, 15) is 4.79 Å². The third-order valence-electron chi connectivity index (χ3n) is 4.89. The fourth-order valence-electron chi connectivity index (χ4n) is 3.24. The number of nitrogens with zero attached hydrogens (tertiary/aromatic N) is 1. The lowest BCUT2D eigenvalue weighted by molar-refractivity contribution is 0.104. The molecule has 0 radical (unpaired) electrons. The monoisotopic (exact) mass is 409 g/mol. The molecule has 0 atom stereocenters. The van der Waals surface area contributed by atoms with Gasteiger partial charge < -0.3 is 14.0 Å². The van der Waals surface area contributed by atoms with Crippen LogP contribution >= 0.6 is 0 Å². The highest BCUT2D eigenvalue weighted by Gasteiger charge is 2.07. The first-order chi connectivity index (χ1) is 15.2. The van der Waals surface area contributed by atoms with Gasteiger partial charge in [-0.15, -0.1) is 0 Å². The van der Waals surface area contributed by atoms with E-state index in [0.29, 0.717) is 23.7 Å². The summed E-state index contributed by atoms with van der Waals surface area (Å²) in [5.74, 6) is 1.23. The first kappa shape index (κ1) is 20.2. The van der Waals surface area contributed by atoms with Gasteiger partial charge in [0, 0.05) is 23.6 Å². The van der Waals surface area contributed by atoms with Gasteiger partial charge in [-0.2, -0.15) is 0 Å². The lowest BCUT2D eigenvalue weighted by Gasteiger charge is -2.11. The fourth-order valence-corrected chi connectivity index (χ4v) is 3.24. The molecule has 0 aliphatic heterocycles. The van der Waals surface area contributed by atoms with E-state index in [4.69, 9.17) is 9.47 Å². The molecule has 154 valence electrons. The molecule has 31 heavy (non-hydrogen) atoms. The number of rotatable bonds is 8. The number of benzene rings is 3. The number of aromatic nitrogens is 1. The van der Waals surface area contributed by atoms with Crippen LogP contribution in [0, 0.1) is 0 Å². The molecule has 4 nitrogen and oxygen atoms in total. The van der Waals surface area contributed by atoms with Crippen LogP contribution in [-0.4, -0.2) is 17.5 Å². The molecule has 0 aliphatic rings. The molecule has 0 bridgehead atoms. The second kappa shape index (κ2) is 9.63. The molecular weight excluding hydrogens is 386 g/mol. The van der Waals surface area contributed by atoms with Crippen LogP contribution < -0.4 is 9.47 Å². The smallest absolute Gasteiger partial charge is 0.185 e. The second-order valence-electron chi connectivity index (χ2n) is 7.02. The molecule has 4 heteroatoms. The number of ether oxygens (including phenoxy) is 2. The van der Waals surface area contributed by atoms with Crippen molar-refractivity contribution in [2.75, 3.05) is 7.11 Å². The molecule has 0 aliphatic carbocycles. The first-order valence-electron chi connectivity index (χ1n) is 10.0. The molecule has 0 amide bonds. The summed E-state index contributed by atoms with van der Waals surface area (Å²) in [6.45, 7) is 0.461. The van der Waals surface area contributed by atoms with Crippen LogP contribution in [0.4, 0.5) is 0 Å². The number of hydrogen-bond donors (Lipinski definition) is 0. The van der Waals surface area contributed by atoms with Crippen LogP contribution in [-0.2, 0) is 6.61 Å². The minimum Gasteiger partial charge on any atom is -0.493 e. The standard InChI is InChI=1S/C27H23NO3/c1-30-27-18-21(13-15-26(27)31-20-22-8-3-2-4-9-22)12-14-25(29)23-10-7-11-24(19-23)28-16-5-6-17-28/h2-19H,20H2,1H3/b14-12+. The van der Waals surface area contributed by atoms with Crippen molar-refractivity contribution < 1.29 is 14.3 Å². The lowest BCUT2D eigenvalue weighted by Crippen LogP contribution is -1.98. The summed E-state index contributed by atoms with van der Waals surface area (Å²) in [4.78, 5) is 12.7. The van der Waals surface area contributed by atoms with Gasteiger partial charge in [0.1, 0.15) is 6.61 Å². The zero-order valence-electron chi connectivity index (χ0n) is 17.3. The molecule has 3 aromatic carbocycles. The minimum absolute atomic E-state index is 0.0580. The van der Waals surface area contributed by atoms with Crippen molar-refractivity contribution in [2.24, 2.45) is 0 Å². The Bertz CT molecular complexity index is 1180. The minimum atomic E-state index is -0.0580. The SMILES string of the molecule is COc1cc(/C=C/C(=O)c2cccc(-n3cccc3)c2)ccc1OCc1ccccc1. The normalized spacial score (nSPS) is 10.9. The van der Waals surface area contributed by atoms with Crippen LogP contribution in [0.1, 0.15) is 21.5 Å². The number of hydrogen-bond acceptors (Lipinski definition) is 3. The fraction of sp³-hybridized carbons (Fsp3) is 0.0741. The third kappa shape index (κ3) is 5.11. The van der Waals surface area contributed by atoms with Crippen LogP contribution in [0.3, 0.4) is 0 Å². The highest BCUT2D eigenvalue weighted by molar-refractivity contribution is 6.07. The Hall–Kier alpha value is -4.05. The predicted octanol–water partition coefficient (Wildman–Crippen LogP) is 5.96. The van der Waals surface area contributed by atoms with E-state index in [2.05, 4.69) is 0 Å². The largest absolute Gasteiger partial charge is 0.493 e. The lowest BCUT2D eigenvalue weighted by atomic mass is 10.1. The van der Waals surface area contributed by atoms with E-state index in [1.54, 1.807) is 19.3 Å². The van der Waals surface area contributed by atoms with Gasteiger partial charge in [0.2, 0.25) is 0 Å². The van der Waals surface area contributed by atoms with Crippen molar-refractivity contribution in [3.63, 3.8) is 0 Å². The van der Waals surface area contributed by atoms with Crippen LogP contribution in [0.15, 0.2) is 103 Å². The maximum absolute atomic E-state index is 12.7. The molecule has 0 N–H and O–H groups in total. The van der Waals surface area contributed by atoms with Crippen molar-refractivity contribution in [3.8, 4) is 17.2 Å². The number of ketones is 1. The summed E-state index contributed by atoms with van der Waals surface area (Å²) in [5, 5.41) is 0. The topological polar surface area (TPSA) is 40.5 Å². The Morgan fingerprint density at radius 1 is 0.871 bits per heavy atom. The number of allylic oxidation sites excluding steroid dienone is 1. The third-order valence-corrected chi connectivity index (χ3v) is 4.89. The summed E-state index contributed by atoms with van der Waals surface area (Å²) < 4.78 is 13.3. The van der Waals surface area contributed by atoms with Crippen LogP contribution in [0.25, 0.3) is 11.8 Å². The molecule has 0 spiro atoms. The van der Waals surface area contributed by atoms with Crippen molar-refractivity contribution >= 4 is 11.9 Å². The number of carbonyl (C=O) groups is 1. The Balaban J connectivity index is 1.46. The Kier molecular flexibility index (Phi) is 6.29. The van der Waals surface area contributed by atoms with Crippen molar-refractivity contribution in [3.05, 3.63) is 120 Å². The zero-order valence-corrected chi connectivity index (χ0v) is 17.3. The Labute approximate surface area is 182 Å². The van der Waals surface area contributed by atoms with E-state index < -0.39 is 0 Å².